The molecule has 7 nitrogen and oxygen atoms in total. The lowest BCUT2D eigenvalue weighted by molar-refractivity contribution is -0.384. The summed E-state index contributed by atoms with van der Waals surface area (Å²) in [5.74, 6) is 0.103. The Morgan fingerprint density at radius 2 is 2.30 bits per heavy atom. The molecule has 0 aliphatic rings. The number of nitro groups is 1. The first-order chi connectivity index (χ1) is 9.41. The lowest BCUT2D eigenvalue weighted by atomic mass is 9.88. The van der Waals surface area contributed by atoms with Gasteiger partial charge in [-0.2, -0.15) is 5.26 Å². The van der Waals surface area contributed by atoms with Crippen molar-refractivity contribution in [2.24, 2.45) is 5.41 Å². The van der Waals surface area contributed by atoms with Gasteiger partial charge in [0.05, 0.1) is 4.92 Å². The lowest BCUT2D eigenvalue weighted by Crippen LogP contribution is -2.24. The van der Waals surface area contributed by atoms with E-state index >= 15 is 0 Å². The standard InChI is InChI=1S/C13H18N4O3/c1-13(2,5-3-7-18)9-16-12-11(17(19)20)10(8-14)4-6-15-12/h4,6,18H,3,5,7,9H2,1-2H3,(H,15,16). The summed E-state index contributed by atoms with van der Waals surface area (Å²) in [5, 5.41) is 31.7. The zero-order valence-corrected chi connectivity index (χ0v) is 11.6. The van der Waals surface area contributed by atoms with E-state index in [0.29, 0.717) is 13.0 Å². The Morgan fingerprint density at radius 3 is 2.85 bits per heavy atom. The number of nitriles is 1. The van der Waals surface area contributed by atoms with E-state index < -0.39 is 4.92 Å². The Hall–Kier alpha value is -2.20. The highest BCUT2D eigenvalue weighted by atomic mass is 16.6. The summed E-state index contributed by atoms with van der Waals surface area (Å²) in [6, 6.07) is 3.11. The van der Waals surface area contributed by atoms with Crippen molar-refractivity contribution in [3.05, 3.63) is 27.9 Å². The maximum absolute atomic E-state index is 11.0. The van der Waals surface area contributed by atoms with Crippen LogP contribution in [0.4, 0.5) is 11.5 Å². The van der Waals surface area contributed by atoms with Crippen LogP contribution < -0.4 is 5.32 Å². The highest BCUT2D eigenvalue weighted by Crippen LogP contribution is 2.28. The van der Waals surface area contributed by atoms with Gasteiger partial charge in [-0.1, -0.05) is 13.8 Å². The largest absolute Gasteiger partial charge is 0.396 e. The third-order valence-corrected chi connectivity index (χ3v) is 2.97. The van der Waals surface area contributed by atoms with Crippen LogP contribution in [-0.2, 0) is 0 Å². The molecule has 0 radical (unpaired) electrons. The fourth-order valence-electron chi connectivity index (χ4n) is 1.83. The average Bonchev–Trinajstić information content (AvgIpc) is 2.42. The van der Waals surface area contributed by atoms with Crippen molar-refractivity contribution >= 4 is 11.5 Å². The normalized spacial score (nSPS) is 10.9. The van der Waals surface area contributed by atoms with Crippen LogP contribution in [0.25, 0.3) is 0 Å². The van der Waals surface area contributed by atoms with Crippen molar-refractivity contribution in [1.29, 1.82) is 5.26 Å². The molecule has 0 atom stereocenters. The van der Waals surface area contributed by atoms with E-state index in [9.17, 15) is 10.1 Å². The fourth-order valence-corrected chi connectivity index (χ4v) is 1.83. The Kier molecular flexibility index (Phi) is 5.41. The van der Waals surface area contributed by atoms with Crippen LogP contribution in [0, 0.1) is 26.9 Å². The fraction of sp³-hybridized carbons (Fsp3) is 0.538. The second-order valence-corrected chi connectivity index (χ2v) is 5.27. The molecule has 1 rings (SSSR count). The maximum Gasteiger partial charge on any atom is 0.328 e. The van der Waals surface area contributed by atoms with E-state index in [0.717, 1.165) is 6.42 Å². The minimum atomic E-state index is -0.603. The van der Waals surface area contributed by atoms with E-state index in [4.69, 9.17) is 10.4 Å². The molecule has 0 aromatic carbocycles. The first-order valence-corrected chi connectivity index (χ1v) is 6.29. The Labute approximate surface area is 117 Å². The SMILES string of the molecule is CC(C)(CCCO)CNc1nccc(C#N)c1[N+](=O)[O-]. The van der Waals surface area contributed by atoms with E-state index in [1.165, 1.54) is 12.3 Å². The van der Waals surface area contributed by atoms with E-state index in [2.05, 4.69) is 10.3 Å². The molecule has 0 aliphatic heterocycles. The first kappa shape index (κ1) is 15.9. The molecule has 2 N–H and O–H groups in total. The van der Waals surface area contributed by atoms with Gasteiger partial charge in [0.2, 0.25) is 5.82 Å². The number of aliphatic hydroxyl groups excluding tert-OH is 1. The lowest BCUT2D eigenvalue weighted by Gasteiger charge is -2.24. The topological polar surface area (TPSA) is 112 Å². The third-order valence-electron chi connectivity index (χ3n) is 2.97. The molecule has 0 saturated heterocycles. The van der Waals surface area contributed by atoms with Gasteiger partial charge in [-0.05, 0) is 24.3 Å². The van der Waals surface area contributed by atoms with Crippen LogP contribution in [0.3, 0.4) is 0 Å². The number of nitrogens with zero attached hydrogens (tertiary/aromatic N) is 3. The van der Waals surface area contributed by atoms with Crippen LogP contribution in [0.2, 0.25) is 0 Å². The summed E-state index contributed by atoms with van der Waals surface area (Å²) in [5.41, 5.74) is -0.449. The molecule has 20 heavy (non-hydrogen) atoms. The van der Waals surface area contributed by atoms with Crippen LogP contribution in [-0.4, -0.2) is 28.2 Å². The second-order valence-electron chi connectivity index (χ2n) is 5.27. The first-order valence-electron chi connectivity index (χ1n) is 6.29. The number of nitrogens with one attached hydrogen (secondary N) is 1. The average molecular weight is 278 g/mol. The molecule has 0 aliphatic carbocycles. The number of anilines is 1. The molecular weight excluding hydrogens is 260 g/mol. The number of aliphatic hydroxyl groups is 1. The third kappa shape index (κ3) is 4.17. The predicted octanol–water partition coefficient (Wildman–Crippen LogP) is 2.07. The summed E-state index contributed by atoms with van der Waals surface area (Å²) in [6.45, 7) is 4.58. The highest BCUT2D eigenvalue weighted by Gasteiger charge is 2.23. The molecule has 0 saturated carbocycles. The van der Waals surface area contributed by atoms with Crippen LogP contribution in [0.15, 0.2) is 12.3 Å². The van der Waals surface area contributed by atoms with E-state index in [1.54, 1.807) is 6.07 Å². The Balaban J connectivity index is 2.88. The monoisotopic (exact) mass is 278 g/mol. The zero-order valence-electron chi connectivity index (χ0n) is 11.6. The van der Waals surface area contributed by atoms with E-state index in [-0.39, 0.29) is 29.1 Å². The number of hydrogen-bond acceptors (Lipinski definition) is 6. The van der Waals surface area contributed by atoms with Crippen molar-refractivity contribution in [3.8, 4) is 6.07 Å². The van der Waals surface area contributed by atoms with Crippen LogP contribution in [0.1, 0.15) is 32.3 Å². The second kappa shape index (κ2) is 6.82. The molecule has 0 fully saturated rings. The summed E-state index contributed by atoms with van der Waals surface area (Å²) in [7, 11) is 0. The van der Waals surface area contributed by atoms with Gasteiger partial charge in [-0.25, -0.2) is 4.98 Å². The summed E-state index contributed by atoms with van der Waals surface area (Å²) < 4.78 is 0. The zero-order chi connectivity index (χ0) is 15.2. The van der Waals surface area contributed by atoms with Gasteiger partial charge in [-0.3, -0.25) is 10.1 Å². The van der Waals surface area contributed by atoms with Gasteiger partial charge < -0.3 is 10.4 Å². The molecule has 0 spiro atoms. The molecule has 1 heterocycles. The minimum absolute atomic E-state index is 0.0133. The molecule has 1 aromatic heterocycles. The molecule has 1 aromatic rings. The van der Waals surface area contributed by atoms with Gasteiger partial charge in [0.1, 0.15) is 11.6 Å². The van der Waals surface area contributed by atoms with Crippen LogP contribution >= 0.6 is 0 Å². The molecule has 108 valence electrons. The molecule has 0 unspecified atom stereocenters. The number of hydrogen-bond donors (Lipinski definition) is 2. The minimum Gasteiger partial charge on any atom is -0.396 e. The quantitative estimate of drug-likeness (QED) is 0.583. The van der Waals surface area contributed by atoms with Gasteiger partial charge >= 0.3 is 5.69 Å². The van der Waals surface area contributed by atoms with Gasteiger partial charge in [0.15, 0.2) is 0 Å². The summed E-state index contributed by atoms with van der Waals surface area (Å²) >= 11 is 0. The number of pyridine rings is 1. The van der Waals surface area contributed by atoms with Crippen molar-refractivity contribution in [2.45, 2.75) is 26.7 Å². The Bertz CT molecular complexity index is 523. The molecule has 7 heteroatoms. The van der Waals surface area contributed by atoms with Crippen LogP contribution in [0.5, 0.6) is 0 Å². The maximum atomic E-state index is 11.0. The highest BCUT2D eigenvalue weighted by molar-refractivity contribution is 5.64. The van der Waals surface area contributed by atoms with Crippen molar-refractivity contribution in [2.75, 3.05) is 18.5 Å². The van der Waals surface area contributed by atoms with Gasteiger partial charge in [0, 0.05) is 19.3 Å². The number of rotatable bonds is 7. The van der Waals surface area contributed by atoms with Gasteiger partial charge in [-0.15, -0.1) is 0 Å². The van der Waals surface area contributed by atoms with Crippen molar-refractivity contribution < 1.29 is 10.0 Å². The summed E-state index contributed by atoms with van der Waals surface area (Å²) in [4.78, 5) is 14.4. The molecule has 0 bridgehead atoms. The Morgan fingerprint density at radius 1 is 1.60 bits per heavy atom. The molecular formula is C13H18N4O3. The van der Waals surface area contributed by atoms with Crippen molar-refractivity contribution in [1.82, 2.24) is 4.98 Å². The molecule has 0 amide bonds. The smallest absolute Gasteiger partial charge is 0.328 e. The number of aromatic nitrogens is 1. The predicted molar refractivity (Wildman–Crippen MR) is 74.2 cm³/mol. The van der Waals surface area contributed by atoms with E-state index in [1.807, 2.05) is 13.8 Å². The van der Waals surface area contributed by atoms with Crippen molar-refractivity contribution in [3.63, 3.8) is 0 Å². The van der Waals surface area contributed by atoms with Gasteiger partial charge in [0.25, 0.3) is 0 Å². The summed E-state index contributed by atoms with van der Waals surface area (Å²) in [6.07, 6.45) is 2.82.